The molecule has 0 aliphatic rings. The first-order valence-electron chi connectivity index (χ1n) is 3.45. The number of hydrogen-bond acceptors (Lipinski definition) is 2. The van der Waals surface area contributed by atoms with Crippen LogP contribution >= 0.6 is 39.1 Å². The molecule has 5 heteroatoms. The second kappa shape index (κ2) is 3.40. The van der Waals surface area contributed by atoms with Gasteiger partial charge in [-0.15, -0.1) is 0 Å². The highest BCUT2D eigenvalue weighted by molar-refractivity contribution is 9.10. The van der Waals surface area contributed by atoms with Crippen LogP contribution in [0, 0.1) is 0 Å². The lowest BCUT2D eigenvalue weighted by atomic mass is 10.3. The van der Waals surface area contributed by atoms with Crippen LogP contribution in [0.4, 0.5) is 0 Å². The Morgan fingerprint density at radius 2 is 2.08 bits per heavy atom. The van der Waals surface area contributed by atoms with E-state index in [2.05, 4.69) is 25.9 Å². The maximum atomic E-state index is 5.96. The topological polar surface area (TPSA) is 25.8 Å². The third-order valence-corrected chi connectivity index (χ3v) is 2.68. The van der Waals surface area contributed by atoms with Crippen molar-refractivity contribution in [3.05, 3.63) is 33.1 Å². The van der Waals surface area contributed by atoms with Gasteiger partial charge in [0.05, 0.1) is 15.9 Å². The predicted octanol–water partition coefficient (Wildman–Crippen LogP) is 3.70. The first kappa shape index (κ1) is 9.19. The molecule has 2 aromatic rings. The zero-order valence-corrected chi connectivity index (χ0v) is 9.36. The van der Waals surface area contributed by atoms with Crippen LogP contribution in [-0.4, -0.2) is 9.97 Å². The minimum Gasteiger partial charge on any atom is -0.256 e. The lowest BCUT2D eigenvalue weighted by molar-refractivity contribution is 1.29. The second-order valence-electron chi connectivity index (χ2n) is 2.42. The van der Waals surface area contributed by atoms with E-state index in [1.165, 1.54) is 0 Å². The van der Waals surface area contributed by atoms with Gasteiger partial charge in [-0.3, -0.25) is 4.98 Å². The fourth-order valence-corrected chi connectivity index (χ4v) is 2.32. The number of pyridine rings is 2. The molecular weight excluding hydrogens is 275 g/mol. The van der Waals surface area contributed by atoms with E-state index < -0.39 is 0 Å². The average Bonchev–Trinajstić information content (AvgIpc) is 2.02. The SMILES string of the molecule is Clc1cc2nccc(Cl)c2c(Br)n1. The molecule has 2 rings (SSSR count). The Morgan fingerprint density at radius 1 is 1.31 bits per heavy atom. The fourth-order valence-electron chi connectivity index (χ4n) is 1.06. The molecule has 0 saturated carbocycles. The summed E-state index contributed by atoms with van der Waals surface area (Å²) in [6.07, 6.45) is 1.63. The number of hydrogen-bond donors (Lipinski definition) is 0. The number of rotatable bonds is 0. The molecular formula is C8H3BrCl2N2. The van der Waals surface area contributed by atoms with Crippen molar-refractivity contribution in [2.24, 2.45) is 0 Å². The normalized spacial score (nSPS) is 10.7. The lowest BCUT2D eigenvalue weighted by Gasteiger charge is -2.01. The number of aromatic nitrogens is 2. The molecule has 0 fully saturated rings. The summed E-state index contributed by atoms with van der Waals surface area (Å²) in [4.78, 5) is 8.15. The Labute approximate surface area is 93.0 Å². The minimum absolute atomic E-state index is 0.397. The van der Waals surface area contributed by atoms with Crippen molar-refractivity contribution in [1.82, 2.24) is 9.97 Å². The monoisotopic (exact) mass is 276 g/mol. The van der Waals surface area contributed by atoms with Crippen LogP contribution in [0.1, 0.15) is 0 Å². The van der Waals surface area contributed by atoms with E-state index in [1.54, 1.807) is 18.3 Å². The van der Waals surface area contributed by atoms with Crippen LogP contribution in [0.5, 0.6) is 0 Å². The molecule has 2 nitrogen and oxygen atoms in total. The van der Waals surface area contributed by atoms with Gasteiger partial charge in [0.25, 0.3) is 0 Å². The summed E-state index contributed by atoms with van der Waals surface area (Å²) in [6, 6.07) is 3.39. The van der Waals surface area contributed by atoms with Gasteiger partial charge < -0.3 is 0 Å². The van der Waals surface area contributed by atoms with Crippen molar-refractivity contribution in [1.29, 1.82) is 0 Å². The first-order chi connectivity index (χ1) is 6.18. The molecule has 0 bridgehead atoms. The Bertz CT molecular complexity index is 473. The number of fused-ring (bicyclic) bond motifs is 1. The lowest BCUT2D eigenvalue weighted by Crippen LogP contribution is -1.85. The Morgan fingerprint density at radius 3 is 2.85 bits per heavy atom. The molecule has 66 valence electrons. The van der Waals surface area contributed by atoms with Gasteiger partial charge in [-0.25, -0.2) is 4.98 Å². The zero-order valence-electron chi connectivity index (χ0n) is 6.26. The molecule has 2 aromatic heterocycles. The number of nitrogens with zero attached hydrogens (tertiary/aromatic N) is 2. The van der Waals surface area contributed by atoms with Gasteiger partial charge in [-0.1, -0.05) is 23.2 Å². The average molecular weight is 278 g/mol. The molecule has 0 aromatic carbocycles. The molecule has 0 aliphatic heterocycles. The summed E-state index contributed by atoms with van der Waals surface area (Å²) in [5.41, 5.74) is 0.736. The molecule has 0 amide bonds. The summed E-state index contributed by atoms with van der Waals surface area (Å²) >= 11 is 15.0. The molecule has 0 saturated heterocycles. The van der Waals surface area contributed by atoms with Gasteiger partial charge in [-0.2, -0.15) is 0 Å². The van der Waals surface area contributed by atoms with Gasteiger partial charge in [0.1, 0.15) is 9.76 Å². The molecule has 2 heterocycles. The van der Waals surface area contributed by atoms with Crippen molar-refractivity contribution in [2.45, 2.75) is 0 Å². The third-order valence-electron chi connectivity index (χ3n) is 1.60. The maximum Gasteiger partial charge on any atom is 0.132 e. The van der Waals surface area contributed by atoms with Crippen LogP contribution in [-0.2, 0) is 0 Å². The quantitative estimate of drug-likeness (QED) is 0.686. The number of halogens is 3. The van der Waals surface area contributed by atoms with Crippen LogP contribution in [0.2, 0.25) is 10.2 Å². The fraction of sp³-hybridized carbons (Fsp3) is 0. The van der Waals surface area contributed by atoms with E-state index in [-0.39, 0.29) is 0 Å². The smallest absolute Gasteiger partial charge is 0.132 e. The summed E-state index contributed by atoms with van der Waals surface area (Å²) in [5, 5.41) is 1.80. The van der Waals surface area contributed by atoms with E-state index >= 15 is 0 Å². The van der Waals surface area contributed by atoms with Crippen molar-refractivity contribution >= 4 is 50.0 Å². The van der Waals surface area contributed by atoms with E-state index in [0.29, 0.717) is 14.8 Å². The highest BCUT2D eigenvalue weighted by Crippen LogP contribution is 2.29. The van der Waals surface area contributed by atoms with Crippen molar-refractivity contribution in [3.63, 3.8) is 0 Å². The van der Waals surface area contributed by atoms with Gasteiger partial charge in [0.15, 0.2) is 0 Å². The molecule has 0 spiro atoms. The minimum atomic E-state index is 0.397. The van der Waals surface area contributed by atoms with Crippen LogP contribution in [0.3, 0.4) is 0 Å². The predicted molar refractivity (Wildman–Crippen MR) is 57.3 cm³/mol. The van der Waals surface area contributed by atoms with E-state index in [4.69, 9.17) is 23.2 Å². The van der Waals surface area contributed by atoms with Crippen molar-refractivity contribution in [3.8, 4) is 0 Å². The van der Waals surface area contributed by atoms with Crippen LogP contribution in [0.15, 0.2) is 22.9 Å². The highest BCUT2D eigenvalue weighted by Gasteiger charge is 2.06. The maximum absolute atomic E-state index is 5.96. The van der Waals surface area contributed by atoms with Crippen LogP contribution in [0.25, 0.3) is 10.9 Å². The molecule has 0 aliphatic carbocycles. The van der Waals surface area contributed by atoms with Crippen molar-refractivity contribution in [2.75, 3.05) is 0 Å². The largest absolute Gasteiger partial charge is 0.256 e. The first-order valence-corrected chi connectivity index (χ1v) is 4.99. The molecule has 0 atom stereocenters. The van der Waals surface area contributed by atoms with E-state index in [0.717, 1.165) is 10.9 Å². The molecule has 0 radical (unpaired) electrons. The van der Waals surface area contributed by atoms with Crippen LogP contribution < -0.4 is 0 Å². The second-order valence-corrected chi connectivity index (χ2v) is 3.97. The standard InChI is InChI=1S/C8H3BrCl2N2/c9-8-7-4(10)1-2-12-5(7)3-6(11)13-8/h1-3H. The van der Waals surface area contributed by atoms with Gasteiger partial charge >= 0.3 is 0 Å². The molecule has 13 heavy (non-hydrogen) atoms. The Kier molecular flexibility index (Phi) is 2.41. The Balaban J connectivity index is 2.94. The van der Waals surface area contributed by atoms with Gasteiger partial charge in [0, 0.05) is 12.3 Å². The van der Waals surface area contributed by atoms with Gasteiger partial charge in [-0.05, 0) is 22.0 Å². The van der Waals surface area contributed by atoms with E-state index in [1.807, 2.05) is 0 Å². The van der Waals surface area contributed by atoms with Crippen molar-refractivity contribution < 1.29 is 0 Å². The summed E-state index contributed by atoms with van der Waals surface area (Å²) in [6.45, 7) is 0. The zero-order chi connectivity index (χ0) is 9.42. The third kappa shape index (κ3) is 1.64. The molecule has 0 N–H and O–H groups in total. The van der Waals surface area contributed by atoms with E-state index in [9.17, 15) is 0 Å². The summed E-state index contributed by atoms with van der Waals surface area (Å²) < 4.78 is 0.619. The Hall–Kier alpha value is -0.380. The molecule has 0 unspecified atom stereocenters. The summed E-state index contributed by atoms with van der Waals surface area (Å²) in [5.74, 6) is 0. The summed E-state index contributed by atoms with van der Waals surface area (Å²) in [7, 11) is 0. The highest BCUT2D eigenvalue weighted by atomic mass is 79.9. The van der Waals surface area contributed by atoms with Gasteiger partial charge in [0.2, 0.25) is 0 Å².